The number of methoxy groups -OCH3 is 1. The highest BCUT2D eigenvalue weighted by molar-refractivity contribution is 5.79. The molecule has 0 aromatic carbocycles. The van der Waals surface area contributed by atoms with E-state index >= 15 is 0 Å². The number of fused-ring (bicyclic) bond motifs is 1. The van der Waals surface area contributed by atoms with Gasteiger partial charge in [-0.3, -0.25) is 14.4 Å². The van der Waals surface area contributed by atoms with Crippen LogP contribution in [0.2, 0.25) is 0 Å². The Morgan fingerprint density at radius 1 is 1.14 bits per heavy atom. The summed E-state index contributed by atoms with van der Waals surface area (Å²) in [6.07, 6.45) is 7.61. The van der Waals surface area contributed by atoms with E-state index in [0.29, 0.717) is 24.4 Å². The molecule has 2 amide bonds. The minimum absolute atomic E-state index is 0.0130. The molecule has 1 aromatic rings. The second-order valence-electron chi connectivity index (χ2n) is 8.40. The number of aromatic amines is 1. The molecule has 29 heavy (non-hydrogen) atoms. The molecule has 0 radical (unpaired) electrons. The molecule has 1 atom stereocenters. The normalized spacial score (nSPS) is 22.6. The van der Waals surface area contributed by atoms with E-state index in [9.17, 15) is 14.4 Å². The highest BCUT2D eigenvalue weighted by atomic mass is 16.5. The third-order valence-corrected chi connectivity index (χ3v) is 6.51. The zero-order valence-corrected chi connectivity index (χ0v) is 17.1. The Morgan fingerprint density at radius 2 is 1.90 bits per heavy atom. The molecule has 3 heterocycles. The predicted molar refractivity (Wildman–Crippen MR) is 106 cm³/mol. The number of likely N-dealkylation sites (tertiary alicyclic amines) is 1. The smallest absolute Gasteiger partial charge is 0.256 e. The fourth-order valence-corrected chi connectivity index (χ4v) is 4.92. The molecule has 1 N–H and O–H groups in total. The second-order valence-corrected chi connectivity index (χ2v) is 8.40. The van der Waals surface area contributed by atoms with Crippen molar-refractivity contribution < 1.29 is 14.3 Å². The highest BCUT2D eigenvalue weighted by Crippen LogP contribution is 2.34. The summed E-state index contributed by atoms with van der Waals surface area (Å²) < 4.78 is 4.92. The molecule has 8 nitrogen and oxygen atoms in total. The number of ether oxygens (including phenoxy) is 1. The summed E-state index contributed by atoms with van der Waals surface area (Å²) in [5, 5.41) is 0. The van der Waals surface area contributed by atoms with E-state index in [1.807, 2.05) is 4.90 Å². The molecule has 1 unspecified atom stereocenters. The van der Waals surface area contributed by atoms with Gasteiger partial charge in [0.1, 0.15) is 12.4 Å². The van der Waals surface area contributed by atoms with Crippen LogP contribution in [-0.4, -0.2) is 58.4 Å². The largest absolute Gasteiger partial charge is 0.375 e. The Labute approximate surface area is 170 Å². The van der Waals surface area contributed by atoms with Crippen molar-refractivity contribution in [1.82, 2.24) is 19.8 Å². The van der Waals surface area contributed by atoms with Crippen molar-refractivity contribution in [3.05, 3.63) is 27.4 Å². The molecular formula is C21H30N4O4. The summed E-state index contributed by atoms with van der Waals surface area (Å²) in [4.78, 5) is 49.3. The Bertz CT molecular complexity index is 830. The Hall–Kier alpha value is -2.22. The van der Waals surface area contributed by atoms with Gasteiger partial charge >= 0.3 is 0 Å². The summed E-state index contributed by atoms with van der Waals surface area (Å²) in [7, 11) is 1.49. The molecule has 3 aliphatic rings. The first-order valence-electron chi connectivity index (χ1n) is 10.8. The summed E-state index contributed by atoms with van der Waals surface area (Å²) in [5.74, 6) is 0.836. The van der Waals surface area contributed by atoms with Crippen molar-refractivity contribution in [2.24, 2.45) is 5.92 Å². The molecule has 8 heteroatoms. The molecule has 1 saturated carbocycles. The Kier molecular flexibility index (Phi) is 5.99. The number of carbonyl (C=O) groups excluding carboxylic acids is 2. The minimum Gasteiger partial charge on any atom is -0.375 e. The number of hydrogen-bond donors (Lipinski definition) is 1. The van der Waals surface area contributed by atoms with Crippen LogP contribution in [0.5, 0.6) is 0 Å². The van der Waals surface area contributed by atoms with Crippen molar-refractivity contribution in [2.45, 2.75) is 64.0 Å². The third-order valence-electron chi connectivity index (χ3n) is 6.51. The second kappa shape index (κ2) is 8.65. The average molecular weight is 402 g/mol. The van der Waals surface area contributed by atoms with Crippen LogP contribution in [0.25, 0.3) is 0 Å². The van der Waals surface area contributed by atoms with Crippen LogP contribution in [0.15, 0.2) is 4.79 Å². The van der Waals surface area contributed by atoms with Crippen LogP contribution in [-0.2, 0) is 27.3 Å². The van der Waals surface area contributed by atoms with Crippen LogP contribution >= 0.6 is 0 Å². The van der Waals surface area contributed by atoms with Gasteiger partial charge < -0.3 is 19.5 Å². The van der Waals surface area contributed by atoms with Crippen molar-refractivity contribution in [3.63, 3.8) is 0 Å². The standard InChI is InChI=1S/C21H30N4O4/c1-29-13-18(26)24-11-9-16-15(12-24)20(27)23-19(22-16)17-8-4-5-10-25(17)21(28)14-6-2-3-7-14/h14,17H,2-13H2,1H3,(H,22,23,27). The van der Waals surface area contributed by atoms with E-state index in [-0.39, 0.29) is 42.5 Å². The van der Waals surface area contributed by atoms with Crippen molar-refractivity contribution >= 4 is 11.8 Å². The van der Waals surface area contributed by atoms with E-state index in [1.165, 1.54) is 7.11 Å². The number of aromatic nitrogens is 2. The van der Waals surface area contributed by atoms with Gasteiger partial charge in [-0.1, -0.05) is 12.8 Å². The van der Waals surface area contributed by atoms with Gasteiger partial charge in [0.05, 0.1) is 23.8 Å². The fraction of sp³-hybridized carbons (Fsp3) is 0.714. The number of H-pyrrole nitrogens is 1. The number of amides is 2. The lowest BCUT2D eigenvalue weighted by Gasteiger charge is -2.37. The first-order chi connectivity index (χ1) is 14.1. The number of nitrogens with zero attached hydrogens (tertiary/aromatic N) is 3. The van der Waals surface area contributed by atoms with Gasteiger partial charge in [0.15, 0.2) is 0 Å². The molecule has 0 bridgehead atoms. The van der Waals surface area contributed by atoms with Gasteiger partial charge in [0, 0.05) is 32.5 Å². The average Bonchev–Trinajstić information content (AvgIpc) is 3.28. The first-order valence-corrected chi connectivity index (χ1v) is 10.8. The first kappa shape index (κ1) is 20.1. The lowest BCUT2D eigenvalue weighted by atomic mass is 9.97. The van der Waals surface area contributed by atoms with Crippen molar-refractivity contribution in [1.29, 1.82) is 0 Å². The molecule has 2 aliphatic heterocycles. The SMILES string of the molecule is COCC(=O)N1CCc2nc(C3CCCCN3C(=O)C3CCCC3)[nH]c(=O)c2C1. The van der Waals surface area contributed by atoms with Gasteiger partial charge in [-0.2, -0.15) is 0 Å². The van der Waals surface area contributed by atoms with Crippen LogP contribution in [0, 0.1) is 5.92 Å². The quantitative estimate of drug-likeness (QED) is 0.824. The Morgan fingerprint density at radius 3 is 2.66 bits per heavy atom. The maximum absolute atomic E-state index is 13.1. The van der Waals surface area contributed by atoms with Gasteiger partial charge in [0.25, 0.3) is 5.56 Å². The highest BCUT2D eigenvalue weighted by Gasteiger charge is 2.35. The third kappa shape index (κ3) is 4.08. The predicted octanol–water partition coefficient (Wildman–Crippen LogP) is 1.54. The maximum atomic E-state index is 13.1. The van der Waals surface area contributed by atoms with Crippen LogP contribution in [0.3, 0.4) is 0 Å². The van der Waals surface area contributed by atoms with Crippen LogP contribution in [0.1, 0.15) is 68.1 Å². The zero-order chi connectivity index (χ0) is 20.4. The Balaban J connectivity index is 1.57. The minimum atomic E-state index is -0.196. The number of nitrogens with one attached hydrogen (secondary N) is 1. The van der Waals surface area contributed by atoms with Gasteiger partial charge in [0.2, 0.25) is 11.8 Å². The summed E-state index contributed by atoms with van der Waals surface area (Å²) in [5.41, 5.74) is 1.11. The van der Waals surface area contributed by atoms with Gasteiger partial charge in [-0.05, 0) is 32.1 Å². The molecule has 2 fully saturated rings. The van der Waals surface area contributed by atoms with E-state index < -0.39 is 0 Å². The van der Waals surface area contributed by atoms with E-state index in [4.69, 9.17) is 9.72 Å². The van der Waals surface area contributed by atoms with Crippen molar-refractivity contribution in [3.8, 4) is 0 Å². The lowest BCUT2D eigenvalue weighted by molar-refractivity contribution is -0.139. The van der Waals surface area contributed by atoms with Crippen LogP contribution in [0.4, 0.5) is 0 Å². The molecule has 0 spiro atoms. The number of hydrogen-bond acceptors (Lipinski definition) is 5. The molecule has 1 aliphatic carbocycles. The summed E-state index contributed by atoms with van der Waals surface area (Å²) >= 11 is 0. The van der Waals surface area contributed by atoms with Crippen LogP contribution < -0.4 is 5.56 Å². The van der Waals surface area contributed by atoms with Gasteiger partial charge in [-0.15, -0.1) is 0 Å². The monoisotopic (exact) mass is 402 g/mol. The number of rotatable bonds is 4. The van der Waals surface area contributed by atoms with Crippen molar-refractivity contribution in [2.75, 3.05) is 26.8 Å². The topological polar surface area (TPSA) is 95.6 Å². The summed E-state index contributed by atoms with van der Waals surface area (Å²) in [6.45, 7) is 1.54. The molecular weight excluding hydrogens is 372 g/mol. The molecule has 4 rings (SSSR count). The summed E-state index contributed by atoms with van der Waals surface area (Å²) in [6, 6.07) is -0.150. The fourth-order valence-electron chi connectivity index (χ4n) is 4.92. The zero-order valence-electron chi connectivity index (χ0n) is 17.1. The van der Waals surface area contributed by atoms with E-state index in [1.54, 1.807) is 4.90 Å². The van der Waals surface area contributed by atoms with E-state index in [0.717, 1.165) is 57.2 Å². The molecule has 1 saturated heterocycles. The number of piperidine rings is 1. The lowest BCUT2D eigenvalue weighted by Crippen LogP contribution is -2.44. The van der Waals surface area contributed by atoms with Gasteiger partial charge in [-0.25, -0.2) is 4.98 Å². The maximum Gasteiger partial charge on any atom is 0.256 e. The number of carbonyl (C=O) groups is 2. The van der Waals surface area contributed by atoms with E-state index in [2.05, 4.69) is 4.98 Å². The molecule has 1 aromatic heterocycles. The molecule has 158 valence electrons.